The zero-order chi connectivity index (χ0) is 5.65. The minimum atomic E-state index is 0.177. The van der Waals surface area contributed by atoms with E-state index in [0.29, 0.717) is 0 Å². The largest absolute Gasteiger partial charge is 0.285 e. The van der Waals surface area contributed by atoms with Crippen molar-refractivity contribution in [2.45, 2.75) is 17.4 Å². The van der Waals surface area contributed by atoms with Crippen LogP contribution in [0.4, 0.5) is 0 Å². The summed E-state index contributed by atoms with van der Waals surface area (Å²) in [6.07, 6.45) is 0. The summed E-state index contributed by atoms with van der Waals surface area (Å²) >= 11 is 2.05. The molecule has 1 nitrogen and oxygen atoms in total. The first kappa shape index (κ1) is 5.82. The fourth-order valence-corrected chi connectivity index (χ4v) is 1.74. The zero-order valence-corrected chi connectivity index (χ0v) is 6.97. The van der Waals surface area contributed by atoms with Crippen LogP contribution in [0.5, 0.6) is 0 Å². The van der Waals surface area contributed by atoms with Gasteiger partial charge in [0.1, 0.15) is 0 Å². The van der Waals surface area contributed by atoms with Gasteiger partial charge in [-0.2, -0.15) is 0 Å². The molecule has 0 saturated heterocycles. The highest BCUT2D eigenvalue weighted by Crippen LogP contribution is 2.39. The first-order valence-corrected chi connectivity index (χ1v) is 3.72. The van der Waals surface area contributed by atoms with E-state index in [0.717, 1.165) is 11.8 Å². The van der Waals surface area contributed by atoms with Crippen molar-refractivity contribution < 1.29 is 22.6 Å². The van der Waals surface area contributed by atoms with Crippen molar-refractivity contribution in [3.63, 3.8) is 0 Å². The molecule has 1 fully saturated rings. The first-order chi connectivity index (χ1) is 3.07. The summed E-state index contributed by atoms with van der Waals surface area (Å²) in [5, 5.41) is 0. The summed E-state index contributed by atoms with van der Waals surface area (Å²) in [5.74, 6) is 1.50. The second kappa shape index (κ2) is 1.35. The van der Waals surface area contributed by atoms with Gasteiger partial charge in [0, 0.05) is 11.8 Å². The van der Waals surface area contributed by atoms with Crippen molar-refractivity contribution in [2.75, 3.05) is 0 Å². The quantitative estimate of drug-likeness (QED) is 0.262. The lowest BCUT2D eigenvalue weighted by molar-refractivity contribution is -0.445. The molecule has 7 heavy (non-hydrogen) atoms. The molecular weight excluding hydrogens is 201 g/mol. The second-order valence-corrected chi connectivity index (χ2v) is 4.45. The van der Waals surface area contributed by atoms with E-state index in [1.807, 2.05) is 22.6 Å². The van der Waals surface area contributed by atoms with Crippen molar-refractivity contribution in [2.24, 2.45) is 17.6 Å². The molecule has 2 N–H and O–H groups in total. The SMILES string of the molecule is C[C@@H]1[C@H](C)C1(N)[IH+]. The Morgan fingerprint density at radius 3 is 1.57 bits per heavy atom. The molecule has 0 heterocycles. The topological polar surface area (TPSA) is 26.0 Å². The van der Waals surface area contributed by atoms with Crippen molar-refractivity contribution in [1.82, 2.24) is 0 Å². The van der Waals surface area contributed by atoms with E-state index in [1.54, 1.807) is 0 Å². The highest BCUT2D eigenvalue weighted by molar-refractivity contribution is 5.01. The average molecular weight is 212 g/mol. The van der Waals surface area contributed by atoms with Crippen LogP contribution in [0.2, 0.25) is 0 Å². The smallest absolute Gasteiger partial charge is 0.276 e. The van der Waals surface area contributed by atoms with Crippen LogP contribution in [0.3, 0.4) is 0 Å². The van der Waals surface area contributed by atoms with Crippen LogP contribution >= 0.6 is 0 Å². The van der Waals surface area contributed by atoms with E-state index < -0.39 is 0 Å². The predicted octanol–water partition coefficient (Wildman–Crippen LogP) is -2.79. The molecule has 0 aliphatic heterocycles. The number of alkyl halides is 1. The van der Waals surface area contributed by atoms with E-state index in [-0.39, 0.29) is 3.55 Å². The van der Waals surface area contributed by atoms with Crippen LogP contribution < -0.4 is 28.3 Å². The molecule has 1 aliphatic rings. The maximum atomic E-state index is 5.76. The molecule has 0 aromatic carbocycles. The van der Waals surface area contributed by atoms with Gasteiger partial charge in [-0.25, -0.2) is 0 Å². The Labute approximate surface area is 57.8 Å². The predicted molar refractivity (Wildman–Crippen MR) is 26.6 cm³/mol. The van der Waals surface area contributed by atoms with Gasteiger partial charge in [-0.3, -0.25) is 5.73 Å². The Bertz CT molecular complexity index is 80.1. The summed E-state index contributed by atoms with van der Waals surface area (Å²) in [6, 6.07) is 0. The van der Waals surface area contributed by atoms with Crippen LogP contribution in [-0.4, -0.2) is 3.55 Å². The third kappa shape index (κ3) is 0.682. The van der Waals surface area contributed by atoms with Gasteiger partial charge in [0.25, 0.3) is 22.6 Å². The van der Waals surface area contributed by atoms with Crippen molar-refractivity contribution in [1.29, 1.82) is 0 Å². The van der Waals surface area contributed by atoms with Gasteiger partial charge < -0.3 is 0 Å². The lowest BCUT2D eigenvalue weighted by Gasteiger charge is -1.80. The number of hydrogen-bond acceptors (Lipinski definition) is 1. The standard InChI is InChI=1S/C5H11IN/c1-3-4(2)5(3,6)7/h3-4,6H,7H2,1-2H3/q+1/t3-,4+,5?. The molecule has 3 atom stereocenters. The van der Waals surface area contributed by atoms with E-state index >= 15 is 0 Å². The Kier molecular flexibility index (Phi) is 1.12. The Hall–Kier alpha value is 0.690. The van der Waals surface area contributed by atoms with Gasteiger partial charge in [0.2, 0.25) is 3.55 Å². The number of halogens is 1. The van der Waals surface area contributed by atoms with Crippen molar-refractivity contribution in [3.8, 4) is 0 Å². The Balaban J connectivity index is 2.52. The van der Waals surface area contributed by atoms with E-state index in [1.165, 1.54) is 0 Å². The lowest BCUT2D eigenvalue weighted by atomic mass is 10.4. The zero-order valence-electron chi connectivity index (χ0n) is 4.64. The molecule has 0 spiro atoms. The van der Waals surface area contributed by atoms with Crippen molar-refractivity contribution >= 4 is 0 Å². The summed E-state index contributed by atoms with van der Waals surface area (Å²) in [7, 11) is 0. The molecule has 2 heteroatoms. The van der Waals surface area contributed by atoms with Gasteiger partial charge in [-0.05, 0) is 0 Å². The molecule has 1 rings (SSSR count). The number of nitrogens with two attached hydrogens (primary N) is 1. The molecule has 0 amide bonds. The fourth-order valence-electron chi connectivity index (χ4n) is 0.770. The summed E-state index contributed by atoms with van der Waals surface area (Å²) < 4.78 is 0.177. The molecule has 1 aliphatic carbocycles. The molecule has 0 aromatic rings. The molecule has 0 aromatic heterocycles. The Morgan fingerprint density at radius 2 is 1.57 bits per heavy atom. The van der Waals surface area contributed by atoms with Gasteiger partial charge >= 0.3 is 0 Å². The van der Waals surface area contributed by atoms with Crippen LogP contribution in [0.15, 0.2) is 0 Å². The van der Waals surface area contributed by atoms with E-state index in [4.69, 9.17) is 5.73 Å². The van der Waals surface area contributed by atoms with Crippen LogP contribution in [0.1, 0.15) is 13.8 Å². The average Bonchev–Trinajstić information content (AvgIpc) is 1.91. The van der Waals surface area contributed by atoms with Gasteiger partial charge in [0.05, 0.1) is 0 Å². The minimum absolute atomic E-state index is 0.177. The first-order valence-electron chi connectivity index (χ1n) is 2.56. The summed E-state index contributed by atoms with van der Waals surface area (Å²) in [5.41, 5.74) is 5.76. The fraction of sp³-hybridized carbons (Fsp3) is 1.00. The molecule has 1 saturated carbocycles. The van der Waals surface area contributed by atoms with Gasteiger partial charge in [0.15, 0.2) is 0 Å². The number of hydrogen-bond donors (Lipinski definition) is 1. The van der Waals surface area contributed by atoms with Crippen LogP contribution in [0, 0.1) is 11.8 Å². The van der Waals surface area contributed by atoms with Gasteiger partial charge in [-0.1, -0.05) is 13.8 Å². The van der Waals surface area contributed by atoms with E-state index in [2.05, 4.69) is 13.8 Å². The third-order valence-corrected chi connectivity index (χ3v) is 4.19. The van der Waals surface area contributed by atoms with E-state index in [9.17, 15) is 0 Å². The lowest BCUT2D eigenvalue weighted by Crippen LogP contribution is -3.43. The highest BCUT2D eigenvalue weighted by Gasteiger charge is 2.63. The van der Waals surface area contributed by atoms with Crippen molar-refractivity contribution in [3.05, 3.63) is 0 Å². The minimum Gasteiger partial charge on any atom is -0.285 e. The molecule has 0 bridgehead atoms. The summed E-state index contributed by atoms with van der Waals surface area (Å²) in [4.78, 5) is 0. The van der Waals surface area contributed by atoms with Crippen LogP contribution in [0.25, 0.3) is 0 Å². The third-order valence-electron chi connectivity index (χ3n) is 2.06. The highest BCUT2D eigenvalue weighted by atomic mass is 127. The Morgan fingerprint density at radius 1 is 1.43 bits per heavy atom. The second-order valence-electron chi connectivity index (χ2n) is 2.43. The molecule has 42 valence electrons. The van der Waals surface area contributed by atoms with Gasteiger partial charge in [-0.15, -0.1) is 0 Å². The molecular formula is C5H11IN+. The number of rotatable bonds is 0. The molecule has 1 unspecified atom stereocenters. The van der Waals surface area contributed by atoms with Crippen LogP contribution in [-0.2, 0) is 0 Å². The normalized spacial score (nSPS) is 60.0. The maximum Gasteiger partial charge on any atom is 0.276 e. The summed E-state index contributed by atoms with van der Waals surface area (Å²) in [6.45, 7) is 4.40. The molecule has 0 radical (unpaired) electrons. The monoisotopic (exact) mass is 212 g/mol. The maximum absolute atomic E-state index is 5.76.